The first-order chi connectivity index (χ1) is 9.99. The number of amides is 1. The molecule has 1 aliphatic rings. The Morgan fingerprint density at radius 1 is 1.41 bits per heavy atom. The molecule has 1 aromatic carbocycles. The van der Waals surface area contributed by atoms with Crippen molar-refractivity contribution in [3.63, 3.8) is 0 Å². The van der Waals surface area contributed by atoms with E-state index in [1.165, 1.54) is 12.1 Å². The lowest BCUT2D eigenvalue weighted by molar-refractivity contribution is -0.127. The van der Waals surface area contributed by atoms with Gasteiger partial charge in [-0.15, -0.1) is 12.4 Å². The molecule has 1 atom stereocenters. The molecule has 0 saturated heterocycles. The number of rotatable bonds is 5. The topological polar surface area (TPSA) is 64.4 Å². The van der Waals surface area contributed by atoms with Gasteiger partial charge in [0.25, 0.3) is 0 Å². The van der Waals surface area contributed by atoms with Crippen LogP contribution in [0.5, 0.6) is 5.75 Å². The molecule has 22 heavy (non-hydrogen) atoms. The molecule has 124 valence electrons. The maximum Gasteiger partial charge on any atom is 0.240 e. The zero-order chi connectivity index (χ0) is 15.3. The van der Waals surface area contributed by atoms with E-state index in [4.69, 9.17) is 10.5 Å². The number of benzene rings is 1. The molecule has 0 heterocycles. The SMILES string of the molecule is CC(CNC(=O)C1(N)CCCCC1)Oc1cccc(F)c1.Cl. The summed E-state index contributed by atoms with van der Waals surface area (Å²) in [6.45, 7) is 2.18. The van der Waals surface area contributed by atoms with Gasteiger partial charge in [0, 0.05) is 6.07 Å². The van der Waals surface area contributed by atoms with Crippen LogP contribution >= 0.6 is 12.4 Å². The Morgan fingerprint density at radius 2 is 2.09 bits per heavy atom. The number of ether oxygens (including phenoxy) is 1. The number of nitrogens with two attached hydrogens (primary N) is 1. The van der Waals surface area contributed by atoms with Crippen LogP contribution in [0.25, 0.3) is 0 Å². The summed E-state index contributed by atoms with van der Waals surface area (Å²) in [7, 11) is 0. The molecule has 1 unspecified atom stereocenters. The van der Waals surface area contributed by atoms with Gasteiger partial charge >= 0.3 is 0 Å². The second-order valence-electron chi connectivity index (χ2n) is 5.81. The maximum atomic E-state index is 13.1. The van der Waals surface area contributed by atoms with E-state index in [-0.39, 0.29) is 30.2 Å². The molecule has 1 aliphatic carbocycles. The van der Waals surface area contributed by atoms with Crippen molar-refractivity contribution >= 4 is 18.3 Å². The highest BCUT2D eigenvalue weighted by molar-refractivity contribution is 5.86. The molecule has 1 amide bonds. The summed E-state index contributed by atoms with van der Waals surface area (Å²) in [5, 5.41) is 2.84. The summed E-state index contributed by atoms with van der Waals surface area (Å²) in [5.74, 6) is 0.000576. The predicted molar refractivity (Wildman–Crippen MR) is 86.8 cm³/mol. The van der Waals surface area contributed by atoms with Crippen LogP contribution in [0.2, 0.25) is 0 Å². The molecule has 0 bridgehead atoms. The molecule has 6 heteroatoms. The fraction of sp³-hybridized carbons (Fsp3) is 0.562. The third kappa shape index (κ3) is 5.14. The molecular weight excluding hydrogens is 307 g/mol. The molecule has 1 fully saturated rings. The lowest BCUT2D eigenvalue weighted by Gasteiger charge is -2.32. The minimum atomic E-state index is -0.739. The number of hydrogen-bond donors (Lipinski definition) is 2. The van der Waals surface area contributed by atoms with Crippen molar-refractivity contribution < 1.29 is 13.9 Å². The van der Waals surface area contributed by atoms with Crippen LogP contribution in [0.3, 0.4) is 0 Å². The Labute approximate surface area is 137 Å². The van der Waals surface area contributed by atoms with Crippen molar-refractivity contribution in [3.05, 3.63) is 30.1 Å². The molecule has 1 aromatic rings. The molecule has 3 N–H and O–H groups in total. The summed E-state index contributed by atoms with van der Waals surface area (Å²) in [5.41, 5.74) is 5.42. The summed E-state index contributed by atoms with van der Waals surface area (Å²) in [4.78, 5) is 12.2. The third-order valence-electron chi connectivity index (χ3n) is 3.88. The number of halogens is 2. The Bertz CT molecular complexity index is 493. The smallest absolute Gasteiger partial charge is 0.240 e. The highest BCUT2D eigenvalue weighted by Gasteiger charge is 2.35. The van der Waals surface area contributed by atoms with E-state index in [1.54, 1.807) is 12.1 Å². The monoisotopic (exact) mass is 330 g/mol. The average molecular weight is 331 g/mol. The minimum absolute atomic E-state index is 0. The second kappa shape index (κ2) is 8.34. The summed E-state index contributed by atoms with van der Waals surface area (Å²) in [6.07, 6.45) is 4.36. The predicted octanol–water partition coefficient (Wildman–Crippen LogP) is 2.79. The summed E-state index contributed by atoms with van der Waals surface area (Å²) >= 11 is 0. The van der Waals surface area contributed by atoms with Gasteiger partial charge in [-0.1, -0.05) is 25.3 Å². The van der Waals surface area contributed by atoms with Gasteiger partial charge < -0.3 is 15.8 Å². The molecule has 1 saturated carbocycles. The Morgan fingerprint density at radius 3 is 2.73 bits per heavy atom. The quantitative estimate of drug-likeness (QED) is 0.872. The van der Waals surface area contributed by atoms with Crippen LogP contribution in [-0.4, -0.2) is 24.1 Å². The largest absolute Gasteiger partial charge is 0.489 e. The van der Waals surface area contributed by atoms with Gasteiger partial charge in [0.15, 0.2) is 0 Å². The fourth-order valence-corrected chi connectivity index (χ4v) is 2.64. The van der Waals surface area contributed by atoms with Crippen LogP contribution in [0.4, 0.5) is 4.39 Å². The van der Waals surface area contributed by atoms with Gasteiger partial charge in [0.1, 0.15) is 17.7 Å². The second-order valence-corrected chi connectivity index (χ2v) is 5.81. The average Bonchev–Trinajstić information content (AvgIpc) is 2.45. The van der Waals surface area contributed by atoms with E-state index >= 15 is 0 Å². The standard InChI is InChI=1S/C16H23FN2O2.ClH/c1-12(21-14-7-5-6-13(17)10-14)11-19-15(20)16(18)8-3-2-4-9-16;/h5-7,10,12H,2-4,8-9,11,18H2,1H3,(H,19,20);1H. The minimum Gasteiger partial charge on any atom is -0.489 e. The van der Waals surface area contributed by atoms with Gasteiger partial charge in [-0.05, 0) is 31.9 Å². The van der Waals surface area contributed by atoms with Crippen molar-refractivity contribution in [2.75, 3.05) is 6.54 Å². The third-order valence-corrected chi connectivity index (χ3v) is 3.88. The molecule has 2 rings (SSSR count). The molecule has 0 aliphatic heterocycles. The van der Waals surface area contributed by atoms with E-state index in [1.807, 2.05) is 6.92 Å². The van der Waals surface area contributed by atoms with E-state index in [9.17, 15) is 9.18 Å². The van der Waals surface area contributed by atoms with Gasteiger partial charge in [0.05, 0.1) is 12.1 Å². The first-order valence-corrected chi connectivity index (χ1v) is 7.49. The van der Waals surface area contributed by atoms with Crippen LogP contribution in [0.1, 0.15) is 39.0 Å². The van der Waals surface area contributed by atoms with Crippen LogP contribution in [-0.2, 0) is 4.79 Å². The van der Waals surface area contributed by atoms with E-state index in [0.717, 1.165) is 32.1 Å². The number of carbonyl (C=O) groups excluding carboxylic acids is 1. The first kappa shape index (κ1) is 18.7. The van der Waals surface area contributed by atoms with Gasteiger partial charge in [-0.3, -0.25) is 4.79 Å². The van der Waals surface area contributed by atoms with E-state index in [2.05, 4.69) is 5.32 Å². The van der Waals surface area contributed by atoms with Crippen LogP contribution < -0.4 is 15.8 Å². The Kier molecular flexibility index (Phi) is 7.10. The molecule has 0 radical (unpaired) electrons. The lowest BCUT2D eigenvalue weighted by atomic mass is 9.82. The molecule has 0 aromatic heterocycles. The van der Waals surface area contributed by atoms with Crippen LogP contribution in [0.15, 0.2) is 24.3 Å². The summed E-state index contributed by atoms with van der Waals surface area (Å²) in [6, 6.07) is 5.96. The highest BCUT2D eigenvalue weighted by Crippen LogP contribution is 2.25. The zero-order valence-electron chi connectivity index (χ0n) is 12.8. The van der Waals surface area contributed by atoms with Crippen molar-refractivity contribution in [3.8, 4) is 5.75 Å². The van der Waals surface area contributed by atoms with Gasteiger partial charge in [-0.25, -0.2) is 4.39 Å². The van der Waals surface area contributed by atoms with Crippen LogP contribution in [0, 0.1) is 5.82 Å². The zero-order valence-corrected chi connectivity index (χ0v) is 13.6. The van der Waals surface area contributed by atoms with Crippen molar-refractivity contribution in [1.29, 1.82) is 0 Å². The van der Waals surface area contributed by atoms with Crippen molar-refractivity contribution in [1.82, 2.24) is 5.32 Å². The lowest BCUT2D eigenvalue weighted by Crippen LogP contribution is -2.56. The Hall–Kier alpha value is -1.33. The maximum absolute atomic E-state index is 13.1. The fourth-order valence-electron chi connectivity index (χ4n) is 2.64. The molecule has 0 spiro atoms. The van der Waals surface area contributed by atoms with E-state index < -0.39 is 5.54 Å². The van der Waals surface area contributed by atoms with Gasteiger partial charge in [0.2, 0.25) is 5.91 Å². The van der Waals surface area contributed by atoms with Crippen molar-refractivity contribution in [2.45, 2.75) is 50.7 Å². The van der Waals surface area contributed by atoms with E-state index in [0.29, 0.717) is 12.3 Å². The summed E-state index contributed by atoms with van der Waals surface area (Å²) < 4.78 is 18.6. The highest BCUT2D eigenvalue weighted by atomic mass is 35.5. The Balaban J connectivity index is 0.00000242. The molecular formula is C16H24ClFN2O2. The molecule has 4 nitrogen and oxygen atoms in total. The first-order valence-electron chi connectivity index (χ1n) is 7.49. The van der Waals surface area contributed by atoms with Gasteiger partial charge in [-0.2, -0.15) is 0 Å². The normalized spacial score (nSPS) is 18.0. The number of carbonyl (C=O) groups is 1. The number of nitrogens with one attached hydrogen (secondary N) is 1. The van der Waals surface area contributed by atoms with Crippen molar-refractivity contribution in [2.24, 2.45) is 5.73 Å². The number of hydrogen-bond acceptors (Lipinski definition) is 3.